The van der Waals surface area contributed by atoms with Gasteiger partial charge in [-0.3, -0.25) is 4.79 Å². The Bertz CT molecular complexity index is 796. The van der Waals surface area contributed by atoms with Crippen LogP contribution in [0.1, 0.15) is 35.3 Å². The van der Waals surface area contributed by atoms with Gasteiger partial charge in [0.2, 0.25) is 0 Å². The Balaban J connectivity index is 2.13. The molecule has 0 aliphatic carbocycles. The van der Waals surface area contributed by atoms with Gasteiger partial charge in [-0.1, -0.05) is 19.1 Å². The van der Waals surface area contributed by atoms with Crippen LogP contribution in [0.15, 0.2) is 53.4 Å². The van der Waals surface area contributed by atoms with Gasteiger partial charge >= 0.3 is 0 Å². The van der Waals surface area contributed by atoms with Crippen molar-refractivity contribution in [1.82, 2.24) is 5.32 Å². The third kappa shape index (κ3) is 4.35. The van der Waals surface area contributed by atoms with E-state index in [1.807, 2.05) is 31.2 Å². The molecule has 24 heavy (non-hydrogen) atoms. The fourth-order valence-corrected chi connectivity index (χ4v) is 2.98. The van der Waals surface area contributed by atoms with Gasteiger partial charge in [-0.05, 0) is 48.4 Å². The quantitative estimate of drug-likeness (QED) is 0.872. The van der Waals surface area contributed by atoms with Gasteiger partial charge in [0.25, 0.3) is 5.91 Å². The summed E-state index contributed by atoms with van der Waals surface area (Å²) in [5.41, 5.74) is 1.41. The van der Waals surface area contributed by atoms with Crippen LogP contribution in [0, 0.1) is 0 Å². The first kappa shape index (κ1) is 18.0. The number of nitrogens with one attached hydrogen (secondary N) is 1. The Hall–Kier alpha value is -2.34. The summed E-state index contributed by atoms with van der Waals surface area (Å²) in [5, 5.41) is 2.97. The van der Waals surface area contributed by atoms with Crippen LogP contribution in [-0.4, -0.2) is 27.7 Å². The molecule has 2 rings (SSSR count). The van der Waals surface area contributed by atoms with E-state index in [4.69, 9.17) is 4.74 Å². The average Bonchev–Trinajstić information content (AvgIpc) is 2.59. The molecule has 1 amide bonds. The third-order valence-electron chi connectivity index (χ3n) is 3.78. The molecule has 0 bridgehead atoms. The number of rotatable bonds is 6. The lowest BCUT2D eigenvalue weighted by Gasteiger charge is -2.18. The predicted molar refractivity (Wildman–Crippen MR) is 93.0 cm³/mol. The molecule has 2 aromatic carbocycles. The summed E-state index contributed by atoms with van der Waals surface area (Å²) in [7, 11) is -1.66. The van der Waals surface area contributed by atoms with Crippen molar-refractivity contribution in [3.63, 3.8) is 0 Å². The summed E-state index contributed by atoms with van der Waals surface area (Å²) in [6.45, 7) is 1.99. The van der Waals surface area contributed by atoms with E-state index in [-0.39, 0.29) is 16.8 Å². The molecule has 0 saturated heterocycles. The maximum absolute atomic E-state index is 12.4. The van der Waals surface area contributed by atoms with E-state index in [1.165, 1.54) is 24.3 Å². The standard InChI is InChI=1S/C18H21NO4S/c1-4-17(13-5-9-15(23-2)10-6-13)19-18(20)14-7-11-16(12-8-14)24(3,21)22/h5-12,17H,4H2,1-3H3,(H,19,20)/t17-/m0/s1. The molecular weight excluding hydrogens is 326 g/mol. The molecule has 1 atom stereocenters. The average molecular weight is 347 g/mol. The molecule has 0 fully saturated rings. The van der Waals surface area contributed by atoms with Crippen LogP contribution in [0.3, 0.4) is 0 Å². The van der Waals surface area contributed by atoms with E-state index in [0.717, 1.165) is 24.0 Å². The van der Waals surface area contributed by atoms with E-state index < -0.39 is 9.84 Å². The summed E-state index contributed by atoms with van der Waals surface area (Å²) in [5.74, 6) is 0.522. The Morgan fingerprint density at radius 2 is 1.67 bits per heavy atom. The molecule has 5 nitrogen and oxygen atoms in total. The van der Waals surface area contributed by atoms with Gasteiger partial charge in [0.05, 0.1) is 18.0 Å². The predicted octanol–water partition coefficient (Wildman–Crippen LogP) is 2.98. The largest absolute Gasteiger partial charge is 0.497 e. The van der Waals surface area contributed by atoms with Gasteiger partial charge in [0.15, 0.2) is 9.84 Å². The van der Waals surface area contributed by atoms with Crippen molar-refractivity contribution in [2.45, 2.75) is 24.3 Å². The molecule has 0 aliphatic rings. The number of hydrogen-bond donors (Lipinski definition) is 1. The first-order valence-corrected chi connectivity index (χ1v) is 9.49. The highest BCUT2D eigenvalue weighted by Gasteiger charge is 2.15. The highest BCUT2D eigenvalue weighted by atomic mass is 32.2. The molecule has 0 aliphatic heterocycles. The van der Waals surface area contributed by atoms with Crippen molar-refractivity contribution in [1.29, 1.82) is 0 Å². The number of ether oxygens (including phenoxy) is 1. The molecule has 0 heterocycles. The van der Waals surface area contributed by atoms with E-state index in [2.05, 4.69) is 5.32 Å². The van der Waals surface area contributed by atoms with Gasteiger partial charge in [-0.2, -0.15) is 0 Å². The van der Waals surface area contributed by atoms with E-state index in [1.54, 1.807) is 7.11 Å². The fraction of sp³-hybridized carbons (Fsp3) is 0.278. The van der Waals surface area contributed by atoms with Gasteiger partial charge < -0.3 is 10.1 Å². The normalized spacial score (nSPS) is 12.5. The van der Waals surface area contributed by atoms with Crippen LogP contribution in [0.4, 0.5) is 0 Å². The lowest BCUT2D eigenvalue weighted by Crippen LogP contribution is -2.28. The van der Waals surface area contributed by atoms with Gasteiger partial charge in [0, 0.05) is 11.8 Å². The summed E-state index contributed by atoms with van der Waals surface area (Å²) < 4.78 is 28.1. The van der Waals surface area contributed by atoms with Crippen molar-refractivity contribution < 1.29 is 17.9 Å². The van der Waals surface area contributed by atoms with Crippen molar-refractivity contribution in [2.75, 3.05) is 13.4 Å². The Morgan fingerprint density at radius 3 is 2.12 bits per heavy atom. The van der Waals surface area contributed by atoms with Crippen LogP contribution in [0.25, 0.3) is 0 Å². The smallest absolute Gasteiger partial charge is 0.251 e. The Kier molecular flexibility index (Phi) is 5.62. The number of carbonyl (C=O) groups excluding carboxylic acids is 1. The summed E-state index contributed by atoms with van der Waals surface area (Å²) in [4.78, 5) is 12.6. The zero-order chi connectivity index (χ0) is 17.7. The Labute approximate surface area is 142 Å². The molecule has 1 N–H and O–H groups in total. The number of hydrogen-bond acceptors (Lipinski definition) is 4. The molecule has 0 spiro atoms. The monoisotopic (exact) mass is 347 g/mol. The second-order valence-corrected chi connectivity index (χ2v) is 7.52. The lowest BCUT2D eigenvalue weighted by atomic mass is 10.0. The zero-order valence-electron chi connectivity index (χ0n) is 13.9. The van der Waals surface area contributed by atoms with Gasteiger partial charge in [-0.15, -0.1) is 0 Å². The van der Waals surface area contributed by atoms with Gasteiger partial charge in [-0.25, -0.2) is 8.42 Å². The van der Waals surface area contributed by atoms with Crippen LogP contribution < -0.4 is 10.1 Å². The van der Waals surface area contributed by atoms with Crippen LogP contribution in [-0.2, 0) is 9.84 Å². The van der Waals surface area contributed by atoms with E-state index >= 15 is 0 Å². The van der Waals surface area contributed by atoms with Crippen molar-refractivity contribution in [3.05, 3.63) is 59.7 Å². The number of carbonyl (C=O) groups is 1. The van der Waals surface area contributed by atoms with Crippen molar-refractivity contribution in [2.24, 2.45) is 0 Å². The molecular formula is C18H21NO4S. The number of methoxy groups -OCH3 is 1. The van der Waals surface area contributed by atoms with Crippen LogP contribution in [0.5, 0.6) is 5.75 Å². The maximum atomic E-state index is 12.4. The minimum absolute atomic E-state index is 0.127. The van der Waals surface area contributed by atoms with Crippen LogP contribution >= 0.6 is 0 Å². The lowest BCUT2D eigenvalue weighted by molar-refractivity contribution is 0.0935. The summed E-state index contributed by atoms with van der Waals surface area (Å²) in [6, 6.07) is 13.3. The van der Waals surface area contributed by atoms with E-state index in [0.29, 0.717) is 5.56 Å². The van der Waals surface area contributed by atoms with Crippen LogP contribution in [0.2, 0.25) is 0 Å². The molecule has 128 valence electrons. The molecule has 0 saturated carbocycles. The minimum Gasteiger partial charge on any atom is -0.497 e. The first-order chi connectivity index (χ1) is 11.3. The van der Waals surface area contributed by atoms with Gasteiger partial charge in [0.1, 0.15) is 5.75 Å². The highest BCUT2D eigenvalue weighted by molar-refractivity contribution is 7.90. The second-order valence-electron chi connectivity index (χ2n) is 5.50. The number of amides is 1. The van der Waals surface area contributed by atoms with Crippen molar-refractivity contribution in [3.8, 4) is 5.75 Å². The highest BCUT2D eigenvalue weighted by Crippen LogP contribution is 2.21. The second kappa shape index (κ2) is 7.49. The SMILES string of the molecule is CC[C@H](NC(=O)c1ccc(S(C)(=O)=O)cc1)c1ccc(OC)cc1. The minimum atomic E-state index is -3.27. The number of sulfone groups is 1. The maximum Gasteiger partial charge on any atom is 0.251 e. The fourth-order valence-electron chi connectivity index (χ4n) is 2.35. The van der Waals surface area contributed by atoms with Crippen molar-refractivity contribution >= 4 is 15.7 Å². The molecule has 0 unspecified atom stereocenters. The molecule has 6 heteroatoms. The topological polar surface area (TPSA) is 72.5 Å². The third-order valence-corrected chi connectivity index (χ3v) is 4.90. The van der Waals surface area contributed by atoms with E-state index in [9.17, 15) is 13.2 Å². The molecule has 0 aromatic heterocycles. The Morgan fingerprint density at radius 1 is 1.08 bits per heavy atom. The summed E-state index contributed by atoms with van der Waals surface area (Å²) in [6.07, 6.45) is 1.87. The zero-order valence-corrected chi connectivity index (χ0v) is 14.8. The number of benzene rings is 2. The molecule has 2 aromatic rings. The molecule has 0 radical (unpaired) electrons. The summed E-state index contributed by atoms with van der Waals surface area (Å²) >= 11 is 0. The first-order valence-electron chi connectivity index (χ1n) is 7.60.